The van der Waals surface area contributed by atoms with E-state index in [-0.39, 0.29) is 11.9 Å². The summed E-state index contributed by atoms with van der Waals surface area (Å²) in [6.45, 7) is 1.90. The van der Waals surface area contributed by atoms with Gasteiger partial charge in [0, 0.05) is 4.47 Å². The molecule has 0 unspecified atom stereocenters. The van der Waals surface area contributed by atoms with E-state index in [0.29, 0.717) is 6.42 Å². The topological polar surface area (TPSA) is 42.2 Å². The summed E-state index contributed by atoms with van der Waals surface area (Å²) in [5.41, 5.74) is 0.988. The molecule has 1 aromatic carbocycles. The Morgan fingerprint density at radius 2 is 2.06 bits per heavy atom. The van der Waals surface area contributed by atoms with Gasteiger partial charge in [0.2, 0.25) is 5.91 Å². The molecule has 2 rings (SSSR count). The Bertz CT molecular complexity index is 505. The first-order valence-electron chi connectivity index (χ1n) is 5.72. The third kappa shape index (κ3) is 3.47. The zero-order valence-electron chi connectivity index (χ0n) is 10.0. The molecule has 0 aliphatic heterocycles. The minimum absolute atomic E-state index is 0.0128. The molecule has 0 saturated carbocycles. The average Bonchev–Trinajstić information content (AvgIpc) is 2.85. The fourth-order valence-corrected chi connectivity index (χ4v) is 1.95. The second-order valence-electron chi connectivity index (χ2n) is 4.11. The summed E-state index contributed by atoms with van der Waals surface area (Å²) in [6.07, 6.45) is 1.98. The van der Waals surface area contributed by atoms with Crippen LogP contribution in [-0.2, 0) is 11.2 Å². The van der Waals surface area contributed by atoms with E-state index in [1.165, 1.54) is 0 Å². The van der Waals surface area contributed by atoms with E-state index in [0.717, 1.165) is 15.8 Å². The van der Waals surface area contributed by atoms with Crippen LogP contribution in [0, 0.1) is 0 Å². The van der Waals surface area contributed by atoms with Crippen LogP contribution in [0.25, 0.3) is 0 Å². The normalized spacial score (nSPS) is 12.1. The summed E-state index contributed by atoms with van der Waals surface area (Å²) >= 11 is 3.37. The zero-order valence-corrected chi connectivity index (χ0v) is 11.6. The largest absolute Gasteiger partial charge is 0.467 e. The average molecular weight is 308 g/mol. The molecule has 0 fully saturated rings. The third-order valence-electron chi connectivity index (χ3n) is 2.63. The maximum atomic E-state index is 11.8. The third-order valence-corrected chi connectivity index (χ3v) is 3.15. The first-order chi connectivity index (χ1) is 8.65. The highest BCUT2D eigenvalue weighted by Gasteiger charge is 2.11. The molecule has 0 bridgehead atoms. The van der Waals surface area contributed by atoms with Crippen molar-refractivity contribution in [2.75, 3.05) is 0 Å². The molecule has 0 saturated heterocycles. The van der Waals surface area contributed by atoms with E-state index in [1.54, 1.807) is 6.26 Å². The van der Waals surface area contributed by atoms with E-state index < -0.39 is 0 Å². The number of hydrogen-bond donors (Lipinski definition) is 1. The lowest BCUT2D eigenvalue weighted by Gasteiger charge is -2.11. The van der Waals surface area contributed by atoms with Crippen molar-refractivity contribution in [3.8, 4) is 0 Å². The predicted octanol–water partition coefficient (Wildman–Crippen LogP) is 3.46. The summed E-state index contributed by atoms with van der Waals surface area (Å²) in [4.78, 5) is 11.8. The molecule has 0 spiro atoms. The van der Waals surface area contributed by atoms with Crippen LogP contribution in [-0.4, -0.2) is 5.91 Å². The van der Waals surface area contributed by atoms with Crippen LogP contribution in [0.4, 0.5) is 0 Å². The van der Waals surface area contributed by atoms with Crippen molar-refractivity contribution in [1.82, 2.24) is 5.32 Å². The van der Waals surface area contributed by atoms with Crippen molar-refractivity contribution in [3.63, 3.8) is 0 Å². The van der Waals surface area contributed by atoms with Crippen LogP contribution in [0.5, 0.6) is 0 Å². The molecule has 1 heterocycles. The smallest absolute Gasteiger partial charge is 0.224 e. The van der Waals surface area contributed by atoms with Crippen molar-refractivity contribution in [1.29, 1.82) is 0 Å². The van der Waals surface area contributed by atoms with Crippen LogP contribution >= 0.6 is 15.9 Å². The number of carbonyl (C=O) groups excluding carboxylic acids is 1. The van der Waals surface area contributed by atoms with E-state index in [1.807, 2.05) is 43.3 Å². The first-order valence-corrected chi connectivity index (χ1v) is 6.51. The Morgan fingerprint density at radius 3 is 2.67 bits per heavy atom. The second kappa shape index (κ2) is 5.87. The van der Waals surface area contributed by atoms with Crippen molar-refractivity contribution in [3.05, 3.63) is 58.5 Å². The maximum Gasteiger partial charge on any atom is 0.224 e. The van der Waals surface area contributed by atoms with E-state index in [2.05, 4.69) is 21.2 Å². The fourth-order valence-electron chi connectivity index (χ4n) is 1.69. The number of carbonyl (C=O) groups is 1. The van der Waals surface area contributed by atoms with Gasteiger partial charge in [-0.3, -0.25) is 4.79 Å². The number of furan rings is 1. The SMILES string of the molecule is C[C@H](NC(=O)Cc1ccc(Br)cc1)c1ccco1. The van der Waals surface area contributed by atoms with Crippen LogP contribution < -0.4 is 5.32 Å². The fraction of sp³-hybridized carbons (Fsp3) is 0.214. The molecule has 1 N–H and O–H groups in total. The Balaban J connectivity index is 1.91. The van der Waals surface area contributed by atoms with Crippen molar-refractivity contribution >= 4 is 21.8 Å². The Hall–Kier alpha value is -1.55. The highest BCUT2D eigenvalue weighted by atomic mass is 79.9. The van der Waals surface area contributed by atoms with Gasteiger partial charge in [-0.15, -0.1) is 0 Å². The molecule has 94 valence electrons. The van der Waals surface area contributed by atoms with Gasteiger partial charge in [0.05, 0.1) is 18.7 Å². The highest BCUT2D eigenvalue weighted by Crippen LogP contribution is 2.14. The van der Waals surface area contributed by atoms with E-state index in [9.17, 15) is 4.79 Å². The standard InChI is InChI=1S/C14H14BrNO2/c1-10(13-3-2-8-18-13)16-14(17)9-11-4-6-12(15)7-5-11/h2-8,10H,9H2,1H3,(H,16,17)/t10-/m0/s1. The highest BCUT2D eigenvalue weighted by molar-refractivity contribution is 9.10. The summed E-state index contributed by atoms with van der Waals surface area (Å²) in [6, 6.07) is 11.3. The minimum Gasteiger partial charge on any atom is -0.467 e. The van der Waals surface area contributed by atoms with Gasteiger partial charge in [0.15, 0.2) is 0 Å². The van der Waals surface area contributed by atoms with Gasteiger partial charge in [-0.05, 0) is 36.8 Å². The quantitative estimate of drug-likeness (QED) is 0.940. The van der Waals surface area contributed by atoms with Gasteiger partial charge in [-0.2, -0.15) is 0 Å². The molecular weight excluding hydrogens is 294 g/mol. The van der Waals surface area contributed by atoms with Gasteiger partial charge in [-0.25, -0.2) is 0 Å². The van der Waals surface area contributed by atoms with Gasteiger partial charge < -0.3 is 9.73 Å². The number of rotatable bonds is 4. The van der Waals surface area contributed by atoms with Crippen LogP contribution in [0.1, 0.15) is 24.3 Å². The number of hydrogen-bond acceptors (Lipinski definition) is 2. The summed E-state index contributed by atoms with van der Waals surface area (Å²) < 4.78 is 6.25. The van der Waals surface area contributed by atoms with Gasteiger partial charge in [0.25, 0.3) is 0 Å². The van der Waals surface area contributed by atoms with E-state index in [4.69, 9.17) is 4.42 Å². The van der Waals surface area contributed by atoms with Crippen molar-refractivity contribution in [2.24, 2.45) is 0 Å². The Kier molecular flexibility index (Phi) is 4.20. The molecule has 18 heavy (non-hydrogen) atoms. The predicted molar refractivity (Wildman–Crippen MR) is 73.1 cm³/mol. The summed E-state index contributed by atoms with van der Waals surface area (Å²) in [5.74, 6) is 0.750. The monoisotopic (exact) mass is 307 g/mol. The molecule has 3 nitrogen and oxygen atoms in total. The molecule has 0 aliphatic rings. The zero-order chi connectivity index (χ0) is 13.0. The molecular formula is C14H14BrNO2. The van der Waals surface area contributed by atoms with Gasteiger partial charge in [-0.1, -0.05) is 28.1 Å². The lowest BCUT2D eigenvalue weighted by molar-refractivity contribution is -0.121. The molecule has 1 amide bonds. The maximum absolute atomic E-state index is 11.8. The first kappa shape index (κ1) is 12.9. The molecule has 2 aromatic rings. The van der Waals surface area contributed by atoms with Crippen molar-refractivity contribution in [2.45, 2.75) is 19.4 Å². The summed E-state index contributed by atoms with van der Waals surface area (Å²) in [7, 11) is 0. The molecule has 1 aromatic heterocycles. The molecule has 0 aliphatic carbocycles. The van der Waals surface area contributed by atoms with E-state index >= 15 is 0 Å². The summed E-state index contributed by atoms with van der Waals surface area (Å²) in [5, 5.41) is 2.90. The number of amides is 1. The van der Waals surface area contributed by atoms with Crippen LogP contribution in [0.2, 0.25) is 0 Å². The Labute approximate surface area is 114 Å². The number of halogens is 1. The van der Waals surface area contributed by atoms with Crippen LogP contribution in [0.15, 0.2) is 51.6 Å². The number of benzene rings is 1. The minimum atomic E-state index is -0.108. The molecule has 1 atom stereocenters. The number of nitrogens with one attached hydrogen (secondary N) is 1. The van der Waals surface area contributed by atoms with Crippen molar-refractivity contribution < 1.29 is 9.21 Å². The second-order valence-corrected chi connectivity index (χ2v) is 5.02. The van der Waals surface area contributed by atoms with Gasteiger partial charge in [0.1, 0.15) is 5.76 Å². The van der Waals surface area contributed by atoms with Crippen LogP contribution in [0.3, 0.4) is 0 Å². The lowest BCUT2D eigenvalue weighted by Crippen LogP contribution is -2.27. The van der Waals surface area contributed by atoms with Gasteiger partial charge >= 0.3 is 0 Å². The lowest BCUT2D eigenvalue weighted by atomic mass is 10.1. The molecule has 0 radical (unpaired) electrons. The molecule has 4 heteroatoms. The Morgan fingerprint density at radius 1 is 1.33 bits per heavy atom.